The molecule has 120 valence electrons. The van der Waals surface area contributed by atoms with Crippen LogP contribution >= 0.6 is 0 Å². The van der Waals surface area contributed by atoms with Crippen LogP contribution < -0.4 is 10.2 Å². The lowest BCUT2D eigenvalue weighted by molar-refractivity contribution is -0.134. The number of esters is 1. The molecule has 1 aromatic carbocycles. The van der Waals surface area contributed by atoms with E-state index in [1.54, 1.807) is 12.1 Å². The number of hydrogen-bond acceptors (Lipinski definition) is 5. The van der Waals surface area contributed by atoms with Crippen LogP contribution in [-0.2, 0) is 9.53 Å². The molecule has 6 heteroatoms. The number of methoxy groups -OCH3 is 1. The quantitative estimate of drug-likeness (QED) is 0.660. The first-order valence-electron chi connectivity index (χ1n) is 7.47. The van der Waals surface area contributed by atoms with Crippen molar-refractivity contribution in [3.8, 4) is 6.07 Å². The van der Waals surface area contributed by atoms with Gasteiger partial charge in [0, 0.05) is 31.3 Å². The molecule has 1 aliphatic heterocycles. The summed E-state index contributed by atoms with van der Waals surface area (Å²) in [5, 5.41) is 12.0. The molecule has 2 rings (SSSR count). The Morgan fingerprint density at radius 2 is 2.13 bits per heavy atom. The Kier molecular flexibility index (Phi) is 5.75. The zero-order valence-electron chi connectivity index (χ0n) is 13.0. The second-order valence-electron chi connectivity index (χ2n) is 5.17. The summed E-state index contributed by atoms with van der Waals surface area (Å²) in [6.45, 7) is 2.10. The van der Waals surface area contributed by atoms with Crippen LogP contribution in [0, 0.1) is 11.3 Å². The molecule has 0 radical (unpaired) electrons. The van der Waals surface area contributed by atoms with Gasteiger partial charge >= 0.3 is 5.97 Å². The molecule has 6 nitrogen and oxygen atoms in total. The SMILES string of the molecule is COC(=O)/C=C/CNC(=O)c1ccc(N2CCCC2)c(C#N)c1. The molecule has 1 amide bonds. The number of carbonyl (C=O) groups excluding carboxylic acids is 2. The minimum absolute atomic E-state index is 0.212. The van der Waals surface area contributed by atoms with Gasteiger partial charge < -0.3 is 15.0 Å². The second-order valence-corrected chi connectivity index (χ2v) is 5.17. The van der Waals surface area contributed by atoms with Crippen LogP contribution in [0.5, 0.6) is 0 Å². The monoisotopic (exact) mass is 313 g/mol. The number of hydrogen-bond donors (Lipinski definition) is 1. The molecule has 0 bridgehead atoms. The minimum Gasteiger partial charge on any atom is -0.466 e. The number of benzene rings is 1. The highest BCUT2D eigenvalue weighted by Crippen LogP contribution is 2.25. The first-order valence-corrected chi connectivity index (χ1v) is 7.47. The predicted molar refractivity (Wildman–Crippen MR) is 86.1 cm³/mol. The van der Waals surface area contributed by atoms with Crippen LogP contribution in [0.3, 0.4) is 0 Å². The van der Waals surface area contributed by atoms with Crippen molar-refractivity contribution < 1.29 is 14.3 Å². The van der Waals surface area contributed by atoms with Gasteiger partial charge in [-0.2, -0.15) is 5.26 Å². The predicted octanol–water partition coefficient (Wildman–Crippen LogP) is 1.62. The summed E-state index contributed by atoms with van der Waals surface area (Å²) in [7, 11) is 1.29. The van der Waals surface area contributed by atoms with E-state index >= 15 is 0 Å². The van der Waals surface area contributed by atoms with Gasteiger partial charge in [0.05, 0.1) is 18.4 Å². The molecule has 0 spiro atoms. The lowest BCUT2D eigenvalue weighted by Crippen LogP contribution is -2.24. The standard InChI is InChI=1S/C17H19N3O3/c1-23-16(21)5-4-8-19-17(22)13-6-7-15(14(11-13)12-18)20-9-2-3-10-20/h4-7,11H,2-3,8-10H2,1H3,(H,19,22)/b5-4+. The number of amides is 1. The van der Waals surface area contributed by atoms with Crippen LogP contribution in [0.1, 0.15) is 28.8 Å². The van der Waals surface area contributed by atoms with Crippen LogP contribution in [0.4, 0.5) is 5.69 Å². The van der Waals surface area contributed by atoms with Gasteiger partial charge in [0.25, 0.3) is 5.91 Å². The van der Waals surface area contributed by atoms with E-state index in [1.165, 1.54) is 19.3 Å². The normalized spacial score (nSPS) is 13.8. The molecule has 1 aliphatic rings. The highest BCUT2D eigenvalue weighted by Gasteiger charge is 2.17. The Morgan fingerprint density at radius 1 is 1.39 bits per heavy atom. The van der Waals surface area contributed by atoms with Gasteiger partial charge in [-0.05, 0) is 31.0 Å². The molecule has 1 saturated heterocycles. The fourth-order valence-corrected chi connectivity index (χ4v) is 2.48. The molecule has 0 aliphatic carbocycles. The molecule has 1 N–H and O–H groups in total. The zero-order chi connectivity index (χ0) is 16.7. The zero-order valence-corrected chi connectivity index (χ0v) is 13.0. The number of ether oxygens (including phenoxy) is 1. The average Bonchev–Trinajstić information content (AvgIpc) is 3.11. The number of nitriles is 1. The summed E-state index contributed by atoms with van der Waals surface area (Å²) in [5.74, 6) is -0.759. The summed E-state index contributed by atoms with van der Waals surface area (Å²) in [5.41, 5.74) is 1.81. The lowest BCUT2D eigenvalue weighted by atomic mass is 10.1. The van der Waals surface area contributed by atoms with E-state index in [1.807, 2.05) is 6.07 Å². The summed E-state index contributed by atoms with van der Waals surface area (Å²) in [6.07, 6.45) is 5.00. The first kappa shape index (κ1) is 16.6. The molecule has 23 heavy (non-hydrogen) atoms. The number of nitrogens with zero attached hydrogens (tertiary/aromatic N) is 2. The van der Waals surface area contributed by atoms with Crippen molar-refractivity contribution in [2.45, 2.75) is 12.8 Å². The van der Waals surface area contributed by atoms with E-state index in [2.05, 4.69) is 21.0 Å². The molecular formula is C17H19N3O3. The third kappa shape index (κ3) is 4.33. The molecule has 1 aromatic rings. The van der Waals surface area contributed by atoms with E-state index in [9.17, 15) is 14.9 Å². The fraction of sp³-hybridized carbons (Fsp3) is 0.353. The summed E-state index contributed by atoms with van der Waals surface area (Å²) < 4.78 is 4.45. The Hall–Kier alpha value is -2.81. The van der Waals surface area contributed by atoms with Gasteiger partial charge in [-0.3, -0.25) is 4.79 Å². The Morgan fingerprint density at radius 3 is 2.78 bits per heavy atom. The molecule has 0 aromatic heterocycles. The molecule has 1 fully saturated rings. The van der Waals surface area contributed by atoms with Crippen LogP contribution in [0.25, 0.3) is 0 Å². The van der Waals surface area contributed by atoms with Crippen molar-refractivity contribution in [2.24, 2.45) is 0 Å². The summed E-state index contributed by atoms with van der Waals surface area (Å²) in [6, 6.07) is 7.30. The third-order valence-electron chi connectivity index (χ3n) is 3.66. The topological polar surface area (TPSA) is 82.4 Å². The van der Waals surface area contributed by atoms with Crippen molar-refractivity contribution in [2.75, 3.05) is 31.6 Å². The van der Waals surface area contributed by atoms with Gasteiger partial charge in [0.1, 0.15) is 6.07 Å². The molecule has 0 unspecified atom stereocenters. The average molecular weight is 313 g/mol. The summed E-state index contributed by atoms with van der Waals surface area (Å²) >= 11 is 0. The van der Waals surface area contributed by atoms with Crippen LogP contribution in [0.15, 0.2) is 30.4 Å². The maximum Gasteiger partial charge on any atom is 0.330 e. The Labute approximate surface area is 135 Å². The highest BCUT2D eigenvalue weighted by atomic mass is 16.5. The van der Waals surface area contributed by atoms with Crippen molar-refractivity contribution >= 4 is 17.6 Å². The van der Waals surface area contributed by atoms with E-state index in [4.69, 9.17) is 0 Å². The van der Waals surface area contributed by atoms with Crippen molar-refractivity contribution in [3.63, 3.8) is 0 Å². The van der Waals surface area contributed by atoms with Crippen LogP contribution in [0.2, 0.25) is 0 Å². The summed E-state index contributed by atoms with van der Waals surface area (Å²) in [4.78, 5) is 25.2. The van der Waals surface area contributed by atoms with Gasteiger partial charge in [-0.25, -0.2) is 4.79 Å². The number of anilines is 1. The maximum atomic E-state index is 12.1. The van der Waals surface area contributed by atoms with Crippen molar-refractivity contribution in [1.82, 2.24) is 5.32 Å². The lowest BCUT2D eigenvalue weighted by Gasteiger charge is -2.19. The molecule has 0 atom stereocenters. The molecular weight excluding hydrogens is 294 g/mol. The smallest absolute Gasteiger partial charge is 0.330 e. The Balaban J connectivity index is 2.02. The van der Waals surface area contributed by atoms with E-state index < -0.39 is 5.97 Å². The van der Waals surface area contributed by atoms with Crippen LogP contribution in [-0.4, -0.2) is 38.6 Å². The third-order valence-corrected chi connectivity index (χ3v) is 3.66. The second kappa shape index (κ2) is 7.99. The van der Waals surface area contributed by atoms with E-state index in [0.29, 0.717) is 11.1 Å². The Bertz CT molecular complexity index is 656. The fourth-order valence-electron chi connectivity index (χ4n) is 2.48. The van der Waals surface area contributed by atoms with Crippen molar-refractivity contribution in [1.29, 1.82) is 5.26 Å². The minimum atomic E-state index is -0.471. The van der Waals surface area contributed by atoms with Crippen molar-refractivity contribution in [3.05, 3.63) is 41.5 Å². The molecule has 1 heterocycles. The highest BCUT2D eigenvalue weighted by molar-refractivity contribution is 5.95. The van der Waals surface area contributed by atoms with Gasteiger partial charge in [0.2, 0.25) is 0 Å². The number of rotatable bonds is 5. The van der Waals surface area contributed by atoms with E-state index in [0.717, 1.165) is 31.6 Å². The molecule has 0 saturated carbocycles. The number of carbonyl (C=O) groups is 2. The van der Waals surface area contributed by atoms with Gasteiger partial charge in [-0.15, -0.1) is 0 Å². The van der Waals surface area contributed by atoms with E-state index in [-0.39, 0.29) is 12.5 Å². The van der Waals surface area contributed by atoms with Gasteiger partial charge in [-0.1, -0.05) is 6.08 Å². The largest absolute Gasteiger partial charge is 0.466 e. The first-order chi connectivity index (χ1) is 11.2. The van der Waals surface area contributed by atoms with Gasteiger partial charge in [0.15, 0.2) is 0 Å². The maximum absolute atomic E-state index is 12.1. The number of nitrogens with one attached hydrogen (secondary N) is 1.